The Morgan fingerprint density at radius 3 is 2.57 bits per heavy atom. The summed E-state index contributed by atoms with van der Waals surface area (Å²) in [6.45, 7) is 1.79. The first kappa shape index (κ1) is 10.5. The average molecular weight is 190 g/mol. The second-order valence-corrected chi connectivity index (χ2v) is 2.97. The fraction of sp³-hybridized carbons (Fsp3) is 0.182. The normalized spacial score (nSPS) is 11.1. The molecule has 1 amide bonds. The van der Waals surface area contributed by atoms with E-state index in [1.807, 2.05) is 36.4 Å². The quantitative estimate of drug-likeness (QED) is 0.750. The van der Waals surface area contributed by atoms with Gasteiger partial charge in [0.15, 0.2) is 0 Å². The Morgan fingerprint density at radius 2 is 2.07 bits per heavy atom. The second-order valence-electron chi connectivity index (χ2n) is 2.97. The number of carbonyl (C=O) groups excluding carboxylic acids is 1. The number of hydrogen-bond acceptors (Lipinski definition) is 2. The number of rotatable bonds is 3. The largest absolute Gasteiger partial charge is 0.329 e. The highest BCUT2D eigenvalue weighted by molar-refractivity contribution is 5.76. The molecule has 0 aliphatic rings. The van der Waals surface area contributed by atoms with Crippen LogP contribution in [0.15, 0.2) is 36.0 Å². The lowest BCUT2D eigenvalue weighted by Crippen LogP contribution is -2.24. The molecule has 3 nitrogen and oxygen atoms in total. The first-order chi connectivity index (χ1) is 6.72. The van der Waals surface area contributed by atoms with Crippen LogP contribution in [-0.4, -0.2) is 12.5 Å². The highest BCUT2D eigenvalue weighted by atomic mass is 16.1. The van der Waals surface area contributed by atoms with E-state index in [1.165, 1.54) is 6.92 Å². The summed E-state index contributed by atoms with van der Waals surface area (Å²) in [5.41, 5.74) is 7.24. The zero-order valence-corrected chi connectivity index (χ0v) is 8.16. The smallest absolute Gasteiger partial charge is 0.221 e. The standard InChI is InChI=1S/C11H14N2O/c1-9(14)13-11(8-12)7-10-5-3-2-4-6-10/h2-7H,8,12H2,1H3,(H,13,14)/b11-7+. The molecule has 74 valence electrons. The molecule has 1 aromatic rings. The van der Waals surface area contributed by atoms with Crippen molar-refractivity contribution in [2.45, 2.75) is 6.92 Å². The molecule has 14 heavy (non-hydrogen) atoms. The van der Waals surface area contributed by atoms with E-state index in [0.717, 1.165) is 11.3 Å². The number of nitrogens with two attached hydrogens (primary N) is 1. The Labute approximate surface area is 83.6 Å². The molecule has 0 aromatic heterocycles. The monoisotopic (exact) mass is 190 g/mol. The molecule has 0 atom stereocenters. The zero-order valence-electron chi connectivity index (χ0n) is 8.16. The lowest BCUT2D eigenvalue weighted by Gasteiger charge is -2.04. The lowest BCUT2D eigenvalue weighted by molar-refractivity contribution is -0.118. The molecule has 0 saturated carbocycles. The Balaban J connectivity index is 2.78. The maximum Gasteiger partial charge on any atom is 0.221 e. The Morgan fingerprint density at radius 1 is 1.43 bits per heavy atom. The van der Waals surface area contributed by atoms with Gasteiger partial charge in [0.1, 0.15) is 0 Å². The third kappa shape index (κ3) is 3.41. The molecule has 0 aliphatic carbocycles. The molecule has 3 heteroatoms. The van der Waals surface area contributed by atoms with Gasteiger partial charge in [-0.2, -0.15) is 0 Å². The van der Waals surface area contributed by atoms with Crippen LogP contribution in [0.4, 0.5) is 0 Å². The van der Waals surface area contributed by atoms with Crippen molar-refractivity contribution in [3.63, 3.8) is 0 Å². The van der Waals surface area contributed by atoms with E-state index in [4.69, 9.17) is 5.73 Å². The minimum atomic E-state index is -0.0994. The van der Waals surface area contributed by atoms with Gasteiger partial charge in [0.25, 0.3) is 0 Å². The summed E-state index contributed by atoms with van der Waals surface area (Å²) in [5.74, 6) is -0.0994. The summed E-state index contributed by atoms with van der Waals surface area (Å²) in [4.78, 5) is 10.8. The fourth-order valence-electron chi connectivity index (χ4n) is 1.12. The van der Waals surface area contributed by atoms with Gasteiger partial charge >= 0.3 is 0 Å². The summed E-state index contributed by atoms with van der Waals surface area (Å²) in [7, 11) is 0. The van der Waals surface area contributed by atoms with Crippen LogP contribution in [0.1, 0.15) is 12.5 Å². The molecule has 1 rings (SSSR count). The zero-order chi connectivity index (χ0) is 10.4. The molecular weight excluding hydrogens is 176 g/mol. The Bertz CT molecular complexity index is 330. The summed E-state index contributed by atoms with van der Waals surface area (Å²) in [5, 5.41) is 2.68. The van der Waals surface area contributed by atoms with E-state index < -0.39 is 0 Å². The maximum atomic E-state index is 10.8. The number of nitrogens with one attached hydrogen (secondary N) is 1. The molecule has 3 N–H and O–H groups in total. The molecule has 0 spiro atoms. The number of benzene rings is 1. The van der Waals surface area contributed by atoms with Crippen molar-refractivity contribution < 1.29 is 4.79 Å². The summed E-state index contributed by atoms with van der Waals surface area (Å²) in [6.07, 6.45) is 1.86. The first-order valence-corrected chi connectivity index (χ1v) is 4.45. The van der Waals surface area contributed by atoms with Crippen molar-refractivity contribution in [1.82, 2.24) is 5.32 Å². The molecule has 0 heterocycles. The highest BCUT2D eigenvalue weighted by Crippen LogP contribution is 2.03. The van der Waals surface area contributed by atoms with Crippen LogP contribution in [0, 0.1) is 0 Å². The van der Waals surface area contributed by atoms with Crippen molar-refractivity contribution in [3.05, 3.63) is 41.6 Å². The molecule has 0 unspecified atom stereocenters. The van der Waals surface area contributed by atoms with Gasteiger partial charge in [-0.3, -0.25) is 4.79 Å². The van der Waals surface area contributed by atoms with Gasteiger partial charge in [-0.15, -0.1) is 0 Å². The third-order valence-corrected chi connectivity index (χ3v) is 1.70. The number of carbonyl (C=O) groups is 1. The fourth-order valence-corrected chi connectivity index (χ4v) is 1.12. The van der Waals surface area contributed by atoms with Crippen LogP contribution in [0.3, 0.4) is 0 Å². The van der Waals surface area contributed by atoms with Crippen LogP contribution in [0.5, 0.6) is 0 Å². The second kappa shape index (κ2) is 5.19. The Hall–Kier alpha value is -1.61. The number of hydrogen-bond donors (Lipinski definition) is 2. The van der Waals surface area contributed by atoms with Crippen molar-refractivity contribution in [3.8, 4) is 0 Å². The minimum Gasteiger partial charge on any atom is -0.329 e. The minimum absolute atomic E-state index is 0.0994. The third-order valence-electron chi connectivity index (χ3n) is 1.70. The highest BCUT2D eigenvalue weighted by Gasteiger charge is 1.96. The molecule has 0 bridgehead atoms. The summed E-state index contributed by atoms with van der Waals surface area (Å²) >= 11 is 0. The first-order valence-electron chi connectivity index (χ1n) is 4.45. The van der Waals surface area contributed by atoms with Gasteiger partial charge in [0, 0.05) is 19.2 Å². The van der Waals surface area contributed by atoms with E-state index in [2.05, 4.69) is 5.32 Å². The molecule has 0 aliphatic heterocycles. The van der Waals surface area contributed by atoms with Crippen LogP contribution in [-0.2, 0) is 4.79 Å². The van der Waals surface area contributed by atoms with Crippen molar-refractivity contribution in [2.75, 3.05) is 6.54 Å². The van der Waals surface area contributed by atoms with Gasteiger partial charge in [-0.05, 0) is 11.6 Å². The van der Waals surface area contributed by atoms with Crippen LogP contribution in [0.25, 0.3) is 6.08 Å². The van der Waals surface area contributed by atoms with Gasteiger partial charge in [0.05, 0.1) is 0 Å². The van der Waals surface area contributed by atoms with Crippen LogP contribution in [0.2, 0.25) is 0 Å². The van der Waals surface area contributed by atoms with E-state index in [0.29, 0.717) is 6.54 Å². The lowest BCUT2D eigenvalue weighted by atomic mass is 10.2. The van der Waals surface area contributed by atoms with Gasteiger partial charge < -0.3 is 11.1 Å². The van der Waals surface area contributed by atoms with Crippen LogP contribution < -0.4 is 11.1 Å². The van der Waals surface area contributed by atoms with E-state index in [9.17, 15) is 4.79 Å². The van der Waals surface area contributed by atoms with E-state index >= 15 is 0 Å². The predicted octanol–water partition coefficient (Wildman–Crippen LogP) is 1.12. The van der Waals surface area contributed by atoms with Gasteiger partial charge in [-0.25, -0.2) is 0 Å². The van der Waals surface area contributed by atoms with E-state index in [1.54, 1.807) is 0 Å². The topological polar surface area (TPSA) is 55.1 Å². The van der Waals surface area contributed by atoms with Gasteiger partial charge in [0.2, 0.25) is 5.91 Å². The molecular formula is C11H14N2O. The summed E-state index contributed by atoms with van der Waals surface area (Å²) in [6, 6.07) is 9.73. The summed E-state index contributed by atoms with van der Waals surface area (Å²) < 4.78 is 0. The van der Waals surface area contributed by atoms with Crippen LogP contribution >= 0.6 is 0 Å². The molecule has 0 radical (unpaired) electrons. The molecule has 0 fully saturated rings. The van der Waals surface area contributed by atoms with Gasteiger partial charge in [-0.1, -0.05) is 30.3 Å². The molecule has 1 aromatic carbocycles. The average Bonchev–Trinajstić information content (AvgIpc) is 2.17. The van der Waals surface area contributed by atoms with Crippen molar-refractivity contribution in [1.29, 1.82) is 0 Å². The SMILES string of the molecule is CC(=O)N/C(=C/c1ccccc1)CN. The van der Waals surface area contributed by atoms with E-state index in [-0.39, 0.29) is 5.91 Å². The van der Waals surface area contributed by atoms with Crippen molar-refractivity contribution in [2.24, 2.45) is 5.73 Å². The van der Waals surface area contributed by atoms with Crippen molar-refractivity contribution >= 4 is 12.0 Å². The predicted molar refractivity (Wildman–Crippen MR) is 57.3 cm³/mol. The number of amides is 1. The Kier molecular flexibility index (Phi) is 3.88. The molecule has 0 saturated heterocycles. The maximum absolute atomic E-state index is 10.8.